The van der Waals surface area contributed by atoms with E-state index in [0.717, 1.165) is 24.2 Å². The first-order chi connectivity index (χ1) is 7.61. The average Bonchev–Trinajstić information content (AvgIpc) is 2.52. The second-order valence-corrected chi connectivity index (χ2v) is 4.32. The van der Waals surface area contributed by atoms with Gasteiger partial charge in [-0.2, -0.15) is 0 Å². The number of anilines is 1. The van der Waals surface area contributed by atoms with E-state index in [0.29, 0.717) is 6.42 Å². The summed E-state index contributed by atoms with van der Waals surface area (Å²) in [5.41, 5.74) is 2.10. The van der Waals surface area contributed by atoms with Crippen LogP contribution in [0.15, 0.2) is 18.2 Å². The first-order valence-electron chi connectivity index (χ1n) is 5.66. The number of fused-ring (bicyclic) bond motifs is 1. The molecule has 0 radical (unpaired) electrons. The lowest BCUT2D eigenvalue weighted by molar-refractivity contribution is -0.117. The predicted molar refractivity (Wildman–Crippen MR) is 62.2 cm³/mol. The predicted octanol–water partition coefficient (Wildman–Crippen LogP) is 2.56. The summed E-state index contributed by atoms with van der Waals surface area (Å²) in [6, 6.07) is 5.09. The van der Waals surface area contributed by atoms with Crippen LogP contribution in [-0.4, -0.2) is 18.4 Å². The molecule has 0 saturated carbocycles. The van der Waals surface area contributed by atoms with Gasteiger partial charge >= 0.3 is 0 Å². The highest BCUT2D eigenvalue weighted by molar-refractivity contribution is 5.77. The molecule has 0 amide bonds. The van der Waals surface area contributed by atoms with Crippen molar-refractivity contribution in [2.24, 2.45) is 0 Å². The highest BCUT2D eigenvalue weighted by atomic mass is 19.1. The Bertz CT molecular complexity index is 416. The second kappa shape index (κ2) is 4.24. The molecule has 0 N–H and O–H groups in total. The maximum atomic E-state index is 13.1. The first-order valence-corrected chi connectivity index (χ1v) is 5.66. The van der Waals surface area contributed by atoms with Crippen LogP contribution in [0.25, 0.3) is 0 Å². The molecule has 16 heavy (non-hydrogen) atoms. The number of likely N-dealkylation sites (N-methyl/N-ethyl adjacent to an activating group) is 1. The van der Waals surface area contributed by atoms with Crippen molar-refractivity contribution in [3.63, 3.8) is 0 Å². The zero-order chi connectivity index (χ0) is 11.7. The van der Waals surface area contributed by atoms with Gasteiger partial charge in [0.05, 0.1) is 0 Å². The summed E-state index contributed by atoms with van der Waals surface area (Å²) >= 11 is 0. The second-order valence-electron chi connectivity index (χ2n) is 4.32. The zero-order valence-electron chi connectivity index (χ0n) is 9.66. The van der Waals surface area contributed by atoms with Gasteiger partial charge in [-0.1, -0.05) is 0 Å². The molecule has 0 fully saturated rings. The van der Waals surface area contributed by atoms with E-state index in [1.165, 1.54) is 6.07 Å². The van der Waals surface area contributed by atoms with E-state index in [2.05, 4.69) is 11.8 Å². The van der Waals surface area contributed by atoms with Gasteiger partial charge in [0.2, 0.25) is 0 Å². The number of hydrogen-bond donors (Lipinski definition) is 0. The van der Waals surface area contributed by atoms with Gasteiger partial charge < -0.3 is 4.90 Å². The van der Waals surface area contributed by atoms with Gasteiger partial charge in [-0.3, -0.25) is 4.79 Å². The number of nitrogens with zero attached hydrogens (tertiary/aromatic N) is 1. The Labute approximate surface area is 95.1 Å². The van der Waals surface area contributed by atoms with Crippen LogP contribution in [0.3, 0.4) is 0 Å². The Kier molecular flexibility index (Phi) is 2.95. The molecule has 0 spiro atoms. The largest absolute Gasteiger partial charge is 0.368 e. The van der Waals surface area contributed by atoms with E-state index < -0.39 is 0 Å². The van der Waals surface area contributed by atoms with Crippen molar-refractivity contribution in [2.45, 2.75) is 32.7 Å². The van der Waals surface area contributed by atoms with E-state index in [1.807, 2.05) is 6.07 Å². The third-order valence-corrected chi connectivity index (χ3v) is 3.11. The Morgan fingerprint density at radius 1 is 1.56 bits per heavy atom. The summed E-state index contributed by atoms with van der Waals surface area (Å²) in [5.74, 6) is -0.00462. The fourth-order valence-corrected chi connectivity index (χ4v) is 2.50. The van der Waals surface area contributed by atoms with Crippen molar-refractivity contribution in [1.29, 1.82) is 0 Å². The standard InChI is InChI=1S/C13H16FNO/c1-3-15-12(6-9(2)16)8-10-7-11(14)4-5-13(10)15/h4-5,7,12H,3,6,8H2,1-2H3. The summed E-state index contributed by atoms with van der Waals surface area (Å²) in [6.07, 6.45) is 1.32. The van der Waals surface area contributed by atoms with E-state index in [1.54, 1.807) is 13.0 Å². The van der Waals surface area contributed by atoms with Crippen LogP contribution >= 0.6 is 0 Å². The number of rotatable bonds is 3. The van der Waals surface area contributed by atoms with E-state index >= 15 is 0 Å². The van der Waals surface area contributed by atoms with Crippen LogP contribution in [0, 0.1) is 5.82 Å². The molecule has 1 heterocycles. The number of benzene rings is 1. The van der Waals surface area contributed by atoms with Crippen LogP contribution in [0.1, 0.15) is 25.8 Å². The molecular formula is C13H16FNO. The molecule has 1 unspecified atom stereocenters. The number of carbonyl (C=O) groups is 1. The molecule has 2 nitrogen and oxygen atoms in total. The van der Waals surface area contributed by atoms with Gasteiger partial charge in [-0.05, 0) is 44.0 Å². The molecule has 3 heteroatoms. The Hall–Kier alpha value is -1.38. The molecule has 86 valence electrons. The molecule has 1 aliphatic rings. The SMILES string of the molecule is CCN1c2ccc(F)cc2CC1CC(C)=O. The Balaban J connectivity index is 2.28. The third kappa shape index (κ3) is 1.94. The maximum Gasteiger partial charge on any atom is 0.131 e. The molecule has 1 atom stereocenters. The summed E-state index contributed by atoms with van der Waals surface area (Å²) in [5, 5.41) is 0. The van der Waals surface area contributed by atoms with Crippen molar-refractivity contribution in [1.82, 2.24) is 0 Å². The minimum Gasteiger partial charge on any atom is -0.368 e. The zero-order valence-corrected chi connectivity index (χ0v) is 9.66. The number of halogens is 1. The van der Waals surface area contributed by atoms with Crippen molar-refractivity contribution < 1.29 is 9.18 Å². The van der Waals surface area contributed by atoms with Crippen LogP contribution in [-0.2, 0) is 11.2 Å². The van der Waals surface area contributed by atoms with Gasteiger partial charge in [-0.25, -0.2) is 4.39 Å². The highest BCUT2D eigenvalue weighted by Gasteiger charge is 2.28. The fraction of sp³-hybridized carbons (Fsp3) is 0.462. The summed E-state index contributed by atoms with van der Waals surface area (Å²) < 4.78 is 13.1. The molecule has 1 aromatic carbocycles. The molecular weight excluding hydrogens is 205 g/mol. The van der Waals surface area contributed by atoms with Gasteiger partial charge in [0.1, 0.15) is 11.6 Å². The average molecular weight is 221 g/mol. The first kappa shape index (κ1) is 11.1. The fourth-order valence-electron chi connectivity index (χ4n) is 2.50. The summed E-state index contributed by atoms with van der Waals surface area (Å²) in [7, 11) is 0. The van der Waals surface area contributed by atoms with Gasteiger partial charge in [-0.15, -0.1) is 0 Å². The van der Waals surface area contributed by atoms with Crippen molar-refractivity contribution in [3.8, 4) is 0 Å². The van der Waals surface area contributed by atoms with Gasteiger partial charge in [0.15, 0.2) is 0 Å². The molecule has 0 bridgehead atoms. The Morgan fingerprint density at radius 3 is 2.94 bits per heavy atom. The van der Waals surface area contributed by atoms with Gasteiger partial charge in [0, 0.05) is 24.7 Å². The Morgan fingerprint density at radius 2 is 2.31 bits per heavy atom. The summed E-state index contributed by atoms with van der Waals surface area (Å²) in [4.78, 5) is 13.4. The molecule has 0 saturated heterocycles. The monoisotopic (exact) mass is 221 g/mol. The molecule has 1 aliphatic heterocycles. The number of ketones is 1. The number of carbonyl (C=O) groups excluding carboxylic acids is 1. The number of hydrogen-bond acceptors (Lipinski definition) is 2. The molecule has 0 aliphatic carbocycles. The van der Waals surface area contributed by atoms with Crippen molar-refractivity contribution in [3.05, 3.63) is 29.6 Å². The topological polar surface area (TPSA) is 20.3 Å². The normalized spacial score (nSPS) is 18.7. The summed E-state index contributed by atoms with van der Waals surface area (Å²) in [6.45, 7) is 4.53. The van der Waals surface area contributed by atoms with E-state index in [4.69, 9.17) is 0 Å². The molecule has 2 rings (SSSR count). The van der Waals surface area contributed by atoms with E-state index in [-0.39, 0.29) is 17.6 Å². The van der Waals surface area contributed by atoms with Crippen LogP contribution in [0.2, 0.25) is 0 Å². The lowest BCUT2D eigenvalue weighted by Crippen LogP contribution is -2.33. The molecule has 1 aromatic rings. The maximum absolute atomic E-state index is 13.1. The van der Waals surface area contributed by atoms with Gasteiger partial charge in [0.25, 0.3) is 0 Å². The van der Waals surface area contributed by atoms with Crippen molar-refractivity contribution in [2.75, 3.05) is 11.4 Å². The number of Topliss-reactive ketones (excluding diaryl/α,β-unsaturated/α-hetero) is 1. The van der Waals surface area contributed by atoms with Crippen LogP contribution in [0.5, 0.6) is 0 Å². The highest BCUT2D eigenvalue weighted by Crippen LogP contribution is 2.33. The minimum absolute atomic E-state index is 0.191. The lowest BCUT2D eigenvalue weighted by Gasteiger charge is -2.25. The van der Waals surface area contributed by atoms with Crippen LogP contribution in [0.4, 0.5) is 10.1 Å². The van der Waals surface area contributed by atoms with Crippen LogP contribution < -0.4 is 4.90 Å². The minimum atomic E-state index is -0.196. The lowest BCUT2D eigenvalue weighted by atomic mass is 10.1. The third-order valence-electron chi connectivity index (χ3n) is 3.11. The van der Waals surface area contributed by atoms with Crippen molar-refractivity contribution >= 4 is 11.5 Å². The quantitative estimate of drug-likeness (QED) is 0.781. The molecule has 0 aromatic heterocycles. The van der Waals surface area contributed by atoms with E-state index in [9.17, 15) is 9.18 Å². The smallest absolute Gasteiger partial charge is 0.131 e.